The Morgan fingerprint density at radius 2 is 2.29 bits per heavy atom. The van der Waals surface area contributed by atoms with E-state index in [2.05, 4.69) is 21.0 Å². The van der Waals surface area contributed by atoms with E-state index < -0.39 is 0 Å². The van der Waals surface area contributed by atoms with Gasteiger partial charge in [0.1, 0.15) is 5.01 Å². The Morgan fingerprint density at radius 3 is 3.06 bits per heavy atom. The molecule has 4 nitrogen and oxygen atoms in total. The van der Waals surface area contributed by atoms with Crippen LogP contribution in [0.15, 0.2) is 29.9 Å². The topological polar surface area (TPSA) is 67.6 Å². The quantitative estimate of drug-likeness (QED) is 0.728. The Hall–Kier alpha value is -1.72. The molecule has 0 aliphatic carbocycles. The summed E-state index contributed by atoms with van der Waals surface area (Å²) in [6.45, 7) is 1.95. The lowest BCUT2D eigenvalue weighted by atomic mass is 10.1. The zero-order valence-corrected chi connectivity index (χ0v) is 10.2. The molecule has 0 radical (unpaired) electrons. The molecule has 86 valence electrons. The first-order valence-electron chi connectivity index (χ1n) is 5.38. The number of nitrogens with zero attached hydrogens (tertiary/aromatic N) is 2. The number of fused-ring (bicyclic) bond motifs is 1. The number of aromatic nitrogens is 3. The van der Waals surface area contributed by atoms with Crippen molar-refractivity contribution >= 4 is 22.4 Å². The minimum absolute atomic E-state index is 0.00960. The van der Waals surface area contributed by atoms with Crippen LogP contribution in [0.4, 0.5) is 0 Å². The number of rotatable bonds is 2. The van der Waals surface area contributed by atoms with Crippen molar-refractivity contribution < 1.29 is 0 Å². The smallest absolute Gasteiger partial charge is 0.110 e. The molecule has 0 spiro atoms. The summed E-state index contributed by atoms with van der Waals surface area (Å²) in [6.07, 6.45) is 1.70. The van der Waals surface area contributed by atoms with Gasteiger partial charge >= 0.3 is 0 Å². The van der Waals surface area contributed by atoms with Crippen LogP contribution in [0, 0.1) is 0 Å². The van der Waals surface area contributed by atoms with E-state index in [1.807, 2.05) is 24.4 Å². The molecule has 2 aromatic heterocycles. The molecule has 5 heteroatoms. The van der Waals surface area contributed by atoms with Gasteiger partial charge in [0.2, 0.25) is 0 Å². The molecule has 0 amide bonds. The van der Waals surface area contributed by atoms with E-state index in [0.29, 0.717) is 0 Å². The van der Waals surface area contributed by atoms with Crippen molar-refractivity contribution in [2.45, 2.75) is 13.0 Å². The summed E-state index contributed by atoms with van der Waals surface area (Å²) in [4.78, 5) is 11.8. The average Bonchev–Trinajstić information content (AvgIpc) is 2.97. The molecule has 1 aromatic carbocycles. The van der Waals surface area contributed by atoms with Gasteiger partial charge in [-0.3, -0.25) is 0 Å². The summed E-state index contributed by atoms with van der Waals surface area (Å²) in [5.74, 6) is 0. The molecule has 0 fully saturated rings. The van der Waals surface area contributed by atoms with Crippen LogP contribution in [0.5, 0.6) is 0 Å². The predicted octanol–water partition coefficient (Wildman–Crippen LogP) is 2.71. The van der Waals surface area contributed by atoms with Gasteiger partial charge in [-0.05, 0) is 19.1 Å². The van der Waals surface area contributed by atoms with E-state index in [4.69, 9.17) is 5.73 Å². The SMILES string of the molecule is CC(N)c1nc(-c2ccc3nc[nH]c3c2)cs1. The van der Waals surface area contributed by atoms with Crippen molar-refractivity contribution in [1.29, 1.82) is 0 Å². The Morgan fingerprint density at radius 1 is 1.41 bits per heavy atom. The summed E-state index contributed by atoms with van der Waals surface area (Å²) in [7, 11) is 0. The van der Waals surface area contributed by atoms with Crippen LogP contribution in [0.2, 0.25) is 0 Å². The molecule has 3 rings (SSSR count). The highest BCUT2D eigenvalue weighted by Crippen LogP contribution is 2.26. The lowest BCUT2D eigenvalue weighted by Crippen LogP contribution is -2.03. The van der Waals surface area contributed by atoms with Gasteiger partial charge in [-0.15, -0.1) is 11.3 Å². The van der Waals surface area contributed by atoms with Crippen molar-refractivity contribution in [2.75, 3.05) is 0 Å². The van der Waals surface area contributed by atoms with Crippen LogP contribution in [0.1, 0.15) is 18.0 Å². The van der Waals surface area contributed by atoms with E-state index >= 15 is 0 Å². The number of imidazole rings is 1. The molecule has 3 N–H and O–H groups in total. The molecular formula is C12H12N4S. The molecule has 17 heavy (non-hydrogen) atoms. The summed E-state index contributed by atoms with van der Waals surface area (Å²) < 4.78 is 0. The maximum absolute atomic E-state index is 5.81. The number of nitrogens with one attached hydrogen (secondary N) is 1. The van der Waals surface area contributed by atoms with E-state index in [-0.39, 0.29) is 6.04 Å². The van der Waals surface area contributed by atoms with Gasteiger partial charge < -0.3 is 10.7 Å². The first kappa shape index (κ1) is 10.4. The third-order valence-corrected chi connectivity index (χ3v) is 3.67. The minimum atomic E-state index is -0.00960. The summed E-state index contributed by atoms with van der Waals surface area (Å²) in [5, 5.41) is 3.00. The lowest BCUT2D eigenvalue weighted by molar-refractivity contribution is 0.808. The fraction of sp³-hybridized carbons (Fsp3) is 0.167. The summed E-state index contributed by atoms with van der Waals surface area (Å²) in [6, 6.07) is 6.07. The number of hydrogen-bond donors (Lipinski definition) is 2. The first-order valence-corrected chi connectivity index (χ1v) is 6.26. The highest BCUT2D eigenvalue weighted by atomic mass is 32.1. The number of thiazole rings is 1. The number of hydrogen-bond acceptors (Lipinski definition) is 4. The van der Waals surface area contributed by atoms with Gasteiger partial charge in [0.25, 0.3) is 0 Å². The van der Waals surface area contributed by atoms with Gasteiger partial charge in [-0.2, -0.15) is 0 Å². The number of benzene rings is 1. The van der Waals surface area contributed by atoms with Crippen molar-refractivity contribution in [2.24, 2.45) is 5.73 Å². The highest BCUT2D eigenvalue weighted by molar-refractivity contribution is 7.10. The molecule has 1 atom stereocenters. The van der Waals surface area contributed by atoms with Crippen LogP contribution in [-0.2, 0) is 0 Å². The van der Waals surface area contributed by atoms with Gasteiger partial charge in [0.05, 0.1) is 29.1 Å². The van der Waals surface area contributed by atoms with Gasteiger partial charge in [0.15, 0.2) is 0 Å². The van der Waals surface area contributed by atoms with Crippen LogP contribution in [0.3, 0.4) is 0 Å². The van der Waals surface area contributed by atoms with Crippen molar-refractivity contribution in [1.82, 2.24) is 15.0 Å². The predicted molar refractivity (Wildman–Crippen MR) is 69.8 cm³/mol. The van der Waals surface area contributed by atoms with Gasteiger partial charge in [-0.1, -0.05) is 6.07 Å². The van der Waals surface area contributed by atoms with Crippen LogP contribution < -0.4 is 5.73 Å². The van der Waals surface area contributed by atoms with E-state index in [1.165, 1.54) is 0 Å². The van der Waals surface area contributed by atoms with Crippen LogP contribution in [-0.4, -0.2) is 15.0 Å². The molecular weight excluding hydrogens is 232 g/mol. The number of aromatic amines is 1. The Bertz CT molecular complexity index is 653. The van der Waals surface area contributed by atoms with E-state index in [0.717, 1.165) is 27.3 Å². The minimum Gasteiger partial charge on any atom is -0.345 e. The number of nitrogens with two attached hydrogens (primary N) is 1. The maximum atomic E-state index is 5.81. The first-order chi connectivity index (χ1) is 8.24. The average molecular weight is 244 g/mol. The third kappa shape index (κ3) is 1.83. The standard InChI is InChI=1S/C12H12N4S/c1-7(13)12-16-11(5-17-12)8-2-3-9-10(4-8)15-6-14-9/h2-7H,13H2,1H3,(H,14,15). The monoisotopic (exact) mass is 244 g/mol. The molecule has 1 unspecified atom stereocenters. The zero-order valence-electron chi connectivity index (χ0n) is 9.34. The Labute approximate surface area is 103 Å². The van der Waals surface area contributed by atoms with E-state index in [9.17, 15) is 0 Å². The summed E-state index contributed by atoms with van der Waals surface area (Å²) in [5.41, 5.74) is 9.86. The van der Waals surface area contributed by atoms with Crippen LogP contribution >= 0.6 is 11.3 Å². The largest absolute Gasteiger partial charge is 0.345 e. The Balaban J connectivity index is 2.06. The number of H-pyrrole nitrogens is 1. The lowest BCUT2D eigenvalue weighted by Gasteiger charge is -1.98. The van der Waals surface area contributed by atoms with Gasteiger partial charge in [-0.25, -0.2) is 9.97 Å². The second-order valence-corrected chi connectivity index (χ2v) is 4.88. The van der Waals surface area contributed by atoms with Crippen LogP contribution in [0.25, 0.3) is 22.3 Å². The summed E-state index contributed by atoms with van der Waals surface area (Å²) >= 11 is 1.60. The normalized spacial score (nSPS) is 13.1. The van der Waals surface area contributed by atoms with Crippen molar-refractivity contribution in [3.63, 3.8) is 0 Å². The highest BCUT2D eigenvalue weighted by Gasteiger charge is 2.08. The Kier molecular flexibility index (Phi) is 2.42. The fourth-order valence-electron chi connectivity index (χ4n) is 1.72. The third-order valence-electron chi connectivity index (χ3n) is 2.63. The molecule has 0 saturated heterocycles. The molecule has 2 heterocycles. The van der Waals surface area contributed by atoms with Gasteiger partial charge in [0, 0.05) is 10.9 Å². The fourth-order valence-corrected chi connectivity index (χ4v) is 2.51. The van der Waals surface area contributed by atoms with Crippen molar-refractivity contribution in [3.05, 3.63) is 34.9 Å². The van der Waals surface area contributed by atoms with E-state index in [1.54, 1.807) is 17.7 Å². The molecule has 0 aliphatic heterocycles. The maximum Gasteiger partial charge on any atom is 0.110 e. The molecule has 3 aromatic rings. The second kappa shape index (κ2) is 3.94. The zero-order chi connectivity index (χ0) is 11.8. The molecule has 0 bridgehead atoms. The van der Waals surface area contributed by atoms with Crippen molar-refractivity contribution in [3.8, 4) is 11.3 Å². The second-order valence-electron chi connectivity index (χ2n) is 3.99. The molecule has 0 saturated carbocycles. The molecule has 0 aliphatic rings.